The molecule has 6 rings (SSSR count). The van der Waals surface area contributed by atoms with E-state index in [1.807, 2.05) is 0 Å². The Morgan fingerprint density at radius 1 is 0.452 bits per heavy atom. The van der Waals surface area contributed by atoms with E-state index in [2.05, 4.69) is 38.0 Å². The average Bonchev–Trinajstić information content (AvgIpc) is 0.816. The second-order valence-electron chi connectivity index (χ2n) is 17.5. The summed E-state index contributed by atoms with van der Waals surface area (Å²) in [4.78, 5) is 62.4. The number of alkyl halides is 19. The summed E-state index contributed by atoms with van der Waals surface area (Å²) in [6.07, 6.45) is -24.0. The molecule has 0 aromatic heterocycles. The van der Waals surface area contributed by atoms with E-state index < -0.39 is 145 Å². The molecule has 0 aliphatic rings. The number of esters is 2. The molecule has 3 atom stereocenters. The largest absolute Gasteiger partial charge is 0.480 e. The number of hydrogen-bond acceptors (Lipinski definition) is 17. The summed E-state index contributed by atoms with van der Waals surface area (Å²) in [5.41, 5.74) is -9.59. The van der Waals surface area contributed by atoms with Gasteiger partial charge in [-0.15, -0.1) is 71.4 Å². The number of aliphatic carboxylic acids is 1. The number of ether oxygens (including phenoxy) is 2. The van der Waals surface area contributed by atoms with Gasteiger partial charge in [0.15, 0.2) is 0 Å². The Hall–Kier alpha value is -6.75. The maximum Gasteiger partial charge on any atom is 0.417 e. The number of benzene rings is 6. The molecule has 6 aromatic carbocycles. The summed E-state index contributed by atoms with van der Waals surface area (Å²) in [5, 5.41) is 37.9. The highest BCUT2D eigenvalue weighted by Crippen LogP contribution is 2.48. The SMILES string of the molecule is COC(=O)C(Br)c1cc(SC)cc(C(F)(F)F)c1.COC(=O)C(Sc1ccc([N+](=O)[O-])cc1C(F)(F)F)c1cc(SC)cc(C(F)(F)F)c1.CSc1cc(C(Sc2ccc([N+](=O)[O-])cc2C(F)(F)F)C(=O)O)cc(C(F)(F)F)c1.O=[N+]([O-])c1ccc(S)c(C(F)(F)F)c1. The van der Waals surface area contributed by atoms with Crippen molar-refractivity contribution in [3.63, 3.8) is 0 Å². The van der Waals surface area contributed by atoms with Crippen molar-refractivity contribution in [3.05, 3.63) is 190 Å². The lowest BCUT2D eigenvalue weighted by atomic mass is 10.1. The average molecular weight is 1520 g/mol. The van der Waals surface area contributed by atoms with Crippen LogP contribution in [0.15, 0.2) is 139 Å². The molecule has 40 heteroatoms. The van der Waals surface area contributed by atoms with Crippen molar-refractivity contribution in [3.8, 4) is 0 Å². The zero-order valence-corrected chi connectivity index (χ0v) is 53.1. The van der Waals surface area contributed by atoms with Crippen LogP contribution in [0.25, 0.3) is 0 Å². The van der Waals surface area contributed by atoms with E-state index in [9.17, 15) is 129 Å². The van der Waals surface area contributed by atoms with Crippen LogP contribution in [0.2, 0.25) is 0 Å². The highest BCUT2D eigenvalue weighted by atomic mass is 79.9. The summed E-state index contributed by atoms with van der Waals surface area (Å²) in [7, 11) is 2.12. The molecule has 0 radical (unpaired) electrons. The summed E-state index contributed by atoms with van der Waals surface area (Å²) >= 11 is 10.1. The Kier molecular flexibility index (Phi) is 28.6. The Balaban J connectivity index is 0.000000339. The van der Waals surface area contributed by atoms with E-state index in [-0.39, 0.29) is 49.2 Å². The molecule has 0 heterocycles. The molecular formula is C53H38BrF18N3O12S6. The van der Waals surface area contributed by atoms with Crippen LogP contribution in [-0.2, 0) is 60.9 Å². The number of carbonyl (C=O) groups is 3. The molecule has 506 valence electrons. The van der Waals surface area contributed by atoms with Crippen LogP contribution in [0.5, 0.6) is 0 Å². The molecule has 0 saturated carbocycles. The molecule has 15 nitrogen and oxygen atoms in total. The first-order chi connectivity index (χ1) is 42.6. The highest BCUT2D eigenvalue weighted by molar-refractivity contribution is 9.09. The number of carboxylic acid groups (broad SMARTS) is 1. The fourth-order valence-corrected chi connectivity index (χ4v) is 11.5. The fourth-order valence-electron chi connectivity index (χ4n) is 7.05. The van der Waals surface area contributed by atoms with Crippen molar-refractivity contribution in [2.75, 3.05) is 33.0 Å². The van der Waals surface area contributed by atoms with Gasteiger partial charge in [-0.2, -0.15) is 79.0 Å². The summed E-state index contributed by atoms with van der Waals surface area (Å²) < 4.78 is 243. The Morgan fingerprint density at radius 3 is 1.05 bits per heavy atom. The number of rotatable bonds is 16. The predicted molar refractivity (Wildman–Crippen MR) is 312 cm³/mol. The third-order valence-corrected chi connectivity index (χ3v) is 17.4. The van der Waals surface area contributed by atoms with Crippen LogP contribution in [0.1, 0.15) is 65.4 Å². The number of non-ortho nitro benzene ring substituents is 3. The van der Waals surface area contributed by atoms with Crippen LogP contribution in [0.3, 0.4) is 0 Å². The number of halogens is 19. The summed E-state index contributed by atoms with van der Waals surface area (Å²) in [6, 6.07) is 14.8. The number of methoxy groups -OCH3 is 2. The van der Waals surface area contributed by atoms with E-state index >= 15 is 0 Å². The smallest absolute Gasteiger partial charge is 0.417 e. The van der Waals surface area contributed by atoms with Gasteiger partial charge in [-0.25, -0.2) is 0 Å². The first-order valence-corrected chi connectivity index (χ1v) is 30.8. The van der Waals surface area contributed by atoms with Crippen LogP contribution in [0, 0.1) is 30.3 Å². The number of hydrogen-bond donors (Lipinski definition) is 2. The second-order valence-corrected chi connectivity index (χ2v) is 23.9. The molecule has 0 saturated heterocycles. The summed E-state index contributed by atoms with van der Waals surface area (Å²) in [6.45, 7) is 0. The molecule has 3 unspecified atom stereocenters. The Morgan fingerprint density at radius 2 is 0.753 bits per heavy atom. The zero-order valence-electron chi connectivity index (χ0n) is 46.6. The number of thiol groups is 1. The van der Waals surface area contributed by atoms with Crippen LogP contribution >= 0.6 is 87.4 Å². The van der Waals surface area contributed by atoms with Crippen molar-refractivity contribution in [2.24, 2.45) is 0 Å². The molecule has 6 aromatic rings. The lowest BCUT2D eigenvalue weighted by Gasteiger charge is -2.20. The second kappa shape index (κ2) is 33.1. The van der Waals surface area contributed by atoms with Crippen molar-refractivity contribution >= 4 is 122 Å². The van der Waals surface area contributed by atoms with Gasteiger partial charge in [0.05, 0.1) is 62.4 Å². The highest BCUT2D eigenvalue weighted by Gasteiger charge is 2.41. The van der Waals surface area contributed by atoms with E-state index in [4.69, 9.17) is 0 Å². The third kappa shape index (κ3) is 23.6. The van der Waals surface area contributed by atoms with Crippen molar-refractivity contribution in [2.45, 2.75) is 81.8 Å². The number of nitro groups is 3. The number of nitro benzene ring substituents is 3. The standard InChI is InChI=1S/C18H13F6NO4S2.C17H11F6NO4S2.C11H10BrF3O2S.C7H4F3NO2S/c1-29-16(26)15(9-5-10(17(19,20)21)7-12(6-9)30-2)31-14-4-3-11(25(27)28)8-13(14)18(22,23)24;1-29-11-5-8(4-9(6-11)16(18,19)20)14(15(25)26)30-13-3-2-10(24(27)28)7-12(13)17(21,22)23;1-17-10(16)9(12)6-3-7(11(13,14)15)5-8(4-6)18-2;8-7(9,10)5-3-4(11(12)13)1-2-6(5)14/h3-8,15H,1-2H3;2-7,14H,1H3,(H,25,26);3-5,9H,1-2H3;1-3,14H. The quantitative estimate of drug-likeness (QED) is 0.0175. The van der Waals surface area contributed by atoms with Gasteiger partial charge in [0.1, 0.15) is 15.3 Å². The van der Waals surface area contributed by atoms with Crippen LogP contribution < -0.4 is 0 Å². The number of carbonyl (C=O) groups excluding carboxylic acids is 2. The van der Waals surface area contributed by atoms with E-state index in [0.29, 0.717) is 40.9 Å². The zero-order chi connectivity index (χ0) is 71.3. The van der Waals surface area contributed by atoms with Gasteiger partial charge >= 0.3 is 55.0 Å². The minimum atomic E-state index is -5.05. The maximum absolute atomic E-state index is 13.5. The molecule has 0 aliphatic carbocycles. The molecular weight excluding hydrogens is 1480 g/mol. The van der Waals surface area contributed by atoms with Crippen molar-refractivity contribution in [1.29, 1.82) is 0 Å². The first-order valence-electron chi connectivity index (χ1n) is 24.0. The first kappa shape index (κ1) is 80.5. The van der Waals surface area contributed by atoms with Gasteiger partial charge < -0.3 is 14.6 Å². The van der Waals surface area contributed by atoms with Gasteiger partial charge in [0, 0.05) is 65.8 Å². The molecule has 0 aliphatic heterocycles. The fraction of sp³-hybridized carbons (Fsp3) is 0.264. The predicted octanol–water partition coefficient (Wildman–Crippen LogP) is 19.6. The molecule has 0 amide bonds. The van der Waals surface area contributed by atoms with Gasteiger partial charge in [-0.3, -0.25) is 44.7 Å². The normalized spacial score (nSPS) is 12.9. The Labute approximate surface area is 546 Å². The number of nitrogens with zero attached hydrogens (tertiary/aromatic N) is 3. The Bertz CT molecular complexity index is 3710. The van der Waals surface area contributed by atoms with Gasteiger partial charge in [-0.05, 0) is 108 Å². The molecule has 93 heavy (non-hydrogen) atoms. The molecule has 0 fully saturated rings. The van der Waals surface area contributed by atoms with Gasteiger partial charge in [-0.1, -0.05) is 15.9 Å². The van der Waals surface area contributed by atoms with Gasteiger partial charge in [0.2, 0.25) is 0 Å². The molecule has 1 N–H and O–H groups in total. The van der Waals surface area contributed by atoms with E-state index in [1.165, 1.54) is 43.5 Å². The van der Waals surface area contributed by atoms with Crippen molar-refractivity contribution in [1.82, 2.24) is 0 Å². The number of carboxylic acids is 1. The summed E-state index contributed by atoms with van der Waals surface area (Å²) in [5.74, 6) is -3.39. The lowest BCUT2D eigenvalue weighted by molar-refractivity contribution is -0.385. The van der Waals surface area contributed by atoms with Gasteiger partial charge in [0.25, 0.3) is 17.1 Å². The van der Waals surface area contributed by atoms with Crippen molar-refractivity contribution < 1.29 is 123 Å². The monoisotopic (exact) mass is 1520 g/mol. The minimum Gasteiger partial charge on any atom is -0.480 e. The van der Waals surface area contributed by atoms with E-state index in [0.717, 1.165) is 97.4 Å². The lowest BCUT2D eigenvalue weighted by Crippen LogP contribution is -2.15. The topological polar surface area (TPSA) is 219 Å². The minimum absolute atomic E-state index is 0.0754. The molecule has 0 spiro atoms. The number of thioether (sulfide) groups is 5. The molecule has 0 bridgehead atoms. The third-order valence-electron chi connectivity index (χ3n) is 11.4. The van der Waals surface area contributed by atoms with E-state index in [1.54, 1.807) is 6.26 Å². The van der Waals surface area contributed by atoms with Crippen LogP contribution in [0.4, 0.5) is 96.1 Å². The van der Waals surface area contributed by atoms with Crippen LogP contribution in [-0.4, -0.2) is 70.8 Å². The maximum atomic E-state index is 13.5.